The largest absolute Gasteiger partial charge is 0.383 e. The fourth-order valence-corrected chi connectivity index (χ4v) is 3.63. The SMILES string of the molecule is Nc1nc(-c2ccccc2F)nc2cc(-c3ccc(N4CCOCC4)nc3)ccc12. The molecule has 0 unspecified atom stereocenters. The Balaban J connectivity index is 1.52. The normalized spacial score (nSPS) is 14.2. The van der Waals surface area contributed by atoms with Crippen molar-refractivity contribution in [3.8, 4) is 22.5 Å². The van der Waals surface area contributed by atoms with Gasteiger partial charge in [0.2, 0.25) is 0 Å². The van der Waals surface area contributed by atoms with Gasteiger partial charge in [0.15, 0.2) is 5.82 Å². The van der Waals surface area contributed by atoms with Crippen LogP contribution in [0.2, 0.25) is 0 Å². The van der Waals surface area contributed by atoms with E-state index in [2.05, 4.69) is 19.9 Å². The summed E-state index contributed by atoms with van der Waals surface area (Å²) in [6.07, 6.45) is 1.86. The second kappa shape index (κ2) is 7.68. The molecule has 0 saturated carbocycles. The van der Waals surface area contributed by atoms with Crippen molar-refractivity contribution in [1.29, 1.82) is 0 Å². The molecule has 0 atom stereocenters. The topological polar surface area (TPSA) is 77.2 Å². The molecule has 0 bridgehead atoms. The Morgan fingerprint density at radius 3 is 2.50 bits per heavy atom. The van der Waals surface area contributed by atoms with Crippen molar-refractivity contribution in [3.63, 3.8) is 0 Å². The molecule has 7 heteroatoms. The number of benzene rings is 2. The molecule has 1 aliphatic rings. The van der Waals surface area contributed by atoms with E-state index in [4.69, 9.17) is 10.5 Å². The molecule has 5 rings (SSSR count). The van der Waals surface area contributed by atoms with Crippen LogP contribution in [0.25, 0.3) is 33.4 Å². The van der Waals surface area contributed by atoms with Crippen LogP contribution < -0.4 is 10.6 Å². The Labute approximate surface area is 173 Å². The van der Waals surface area contributed by atoms with Gasteiger partial charge in [-0.2, -0.15) is 0 Å². The lowest BCUT2D eigenvalue weighted by atomic mass is 10.1. The third kappa shape index (κ3) is 3.44. The van der Waals surface area contributed by atoms with Crippen molar-refractivity contribution < 1.29 is 9.13 Å². The zero-order chi connectivity index (χ0) is 20.5. The molecule has 4 aromatic rings. The molecular weight excluding hydrogens is 381 g/mol. The molecule has 0 amide bonds. The van der Waals surface area contributed by atoms with E-state index in [-0.39, 0.29) is 11.6 Å². The number of morpholine rings is 1. The molecule has 1 aliphatic heterocycles. The minimum absolute atomic E-state index is 0.274. The maximum Gasteiger partial charge on any atom is 0.165 e. The number of anilines is 2. The molecule has 0 aliphatic carbocycles. The molecule has 0 spiro atoms. The van der Waals surface area contributed by atoms with Gasteiger partial charge in [-0.25, -0.2) is 19.3 Å². The van der Waals surface area contributed by atoms with Gasteiger partial charge in [-0.1, -0.05) is 18.2 Å². The standard InChI is InChI=1S/C23H20FN5O/c24-19-4-2-1-3-17(19)23-27-20-13-15(5-7-18(20)22(25)28-23)16-6-8-21(26-14-16)29-9-11-30-12-10-29/h1-8,13-14H,9-12H2,(H2,25,27,28). The minimum Gasteiger partial charge on any atom is -0.383 e. The number of ether oxygens (including phenoxy) is 1. The molecule has 6 nitrogen and oxygen atoms in total. The first-order valence-corrected chi connectivity index (χ1v) is 9.80. The molecule has 2 aromatic heterocycles. The van der Waals surface area contributed by atoms with Gasteiger partial charge in [-0.05, 0) is 42.0 Å². The van der Waals surface area contributed by atoms with Gasteiger partial charge in [0.05, 0.1) is 24.3 Å². The van der Waals surface area contributed by atoms with Gasteiger partial charge in [0, 0.05) is 30.2 Å². The van der Waals surface area contributed by atoms with Crippen molar-refractivity contribution >= 4 is 22.5 Å². The number of hydrogen-bond acceptors (Lipinski definition) is 6. The third-order valence-corrected chi connectivity index (χ3v) is 5.26. The molecule has 1 saturated heterocycles. The second-order valence-corrected chi connectivity index (χ2v) is 7.15. The number of pyridine rings is 1. The number of fused-ring (bicyclic) bond motifs is 1. The van der Waals surface area contributed by atoms with Gasteiger partial charge in [0.25, 0.3) is 0 Å². The van der Waals surface area contributed by atoms with Crippen LogP contribution in [0, 0.1) is 5.82 Å². The lowest BCUT2D eigenvalue weighted by Gasteiger charge is -2.27. The summed E-state index contributed by atoms with van der Waals surface area (Å²) in [5.41, 5.74) is 9.05. The molecule has 0 radical (unpaired) electrons. The quantitative estimate of drug-likeness (QED) is 0.561. The summed E-state index contributed by atoms with van der Waals surface area (Å²) >= 11 is 0. The van der Waals surface area contributed by atoms with Gasteiger partial charge < -0.3 is 15.4 Å². The van der Waals surface area contributed by atoms with E-state index in [0.29, 0.717) is 16.9 Å². The molecular formula is C23H20FN5O. The highest BCUT2D eigenvalue weighted by Crippen LogP contribution is 2.29. The summed E-state index contributed by atoms with van der Waals surface area (Å²) in [6.45, 7) is 3.13. The molecule has 1 fully saturated rings. The number of nitrogens with two attached hydrogens (primary N) is 1. The molecule has 150 valence electrons. The van der Waals surface area contributed by atoms with Crippen LogP contribution in [0.1, 0.15) is 0 Å². The Kier molecular flexibility index (Phi) is 4.72. The molecule has 2 aromatic carbocycles. The minimum atomic E-state index is -0.379. The van der Waals surface area contributed by atoms with E-state index in [9.17, 15) is 4.39 Å². The van der Waals surface area contributed by atoms with Crippen LogP contribution in [0.3, 0.4) is 0 Å². The Hall–Kier alpha value is -3.58. The first kappa shape index (κ1) is 18.4. The van der Waals surface area contributed by atoms with Crippen molar-refractivity contribution in [1.82, 2.24) is 15.0 Å². The van der Waals surface area contributed by atoms with Crippen molar-refractivity contribution in [3.05, 3.63) is 66.6 Å². The number of hydrogen-bond donors (Lipinski definition) is 1. The lowest BCUT2D eigenvalue weighted by molar-refractivity contribution is 0.122. The molecule has 3 heterocycles. The number of halogens is 1. The van der Waals surface area contributed by atoms with E-state index in [1.165, 1.54) is 6.07 Å². The predicted octanol–water partition coefficient (Wildman–Crippen LogP) is 3.92. The Bertz CT molecular complexity index is 1210. The predicted molar refractivity (Wildman–Crippen MR) is 116 cm³/mol. The van der Waals surface area contributed by atoms with Gasteiger partial charge in [-0.3, -0.25) is 0 Å². The number of rotatable bonds is 3. The summed E-state index contributed by atoms with van der Waals surface area (Å²) in [6, 6.07) is 16.3. The summed E-state index contributed by atoms with van der Waals surface area (Å²) in [5.74, 6) is 1.16. The third-order valence-electron chi connectivity index (χ3n) is 5.26. The molecule has 2 N–H and O–H groups in total. The molecule has 30 heavy (non-hydrogen) atoms. The zero-order valence-corrected chi connectivity index (χ0v) is 16.3. The number of nitrogens with zero attached hydrogens (tertiary/aromatic N) is 4. The maximum absolute atomic E-state index is 14.2. The van der Waals surface area contributed by atoms with E-state index in [1.54, 1.807) is 18.2 Å². The lowest BCUT2D eigenvalue weighted by Crippen LogP contribution is -2.36. The van der Waals surface area contributed by atoms with Crippen LogP contribution in [0.4, 0.5) is 16.0 Å². The first-order chi connectivity index (χ1) is 14.7. The highest BCUT2D eigenvalue weighted by atomic mass is 19.1. The highest BCUT2D eigenvalue weighted by Gasteiger charge is 2.14. The van der Waals surface area contributed by atoms with Crippen LogP contribution in [-0.2, 0) is 4.74 Å². The smallest absolute Gasteiger partial charge is 0.165 e. The van der Waals surface area contributed by atoms with E-state index >= 15 is 0 Å². The van der Waals surface area contributed by atoms with Crippen molar-refractivity contribution in [2.45, 2.75) is 0 Å². The zero-order valence-electron chi connectivity index (χ0n) is 16.3. The van der Waals surface area contributed by atoms with E-state index in [0.717, 1.165) is 48.6 Å². The average Bonchev–Trinajstić information content (AvgIpc) is 2.80. The van der Waals surface area contributed by atoms with Gasteiger partial charge >= 0.3 is 0 Å². The van der Waals surface area contributed by atoms with Crippen molar-refractivity contribution in [2.75, 3.05) is 36.9 Å². The maximum atomic E-state index is 14.2. The summed E-state index contributed by atoms with van der Waals surface area (Å²) in [7, 11) is 0. The van der Waals surface area contributed by atoms with Crippen LogP contribution in [0.15, 0.2) is 60.8 Å². The monoisotopic (exact) mass is 401 g/mol. The Morgan fingerprint density at radius 1 is 0.933 bits per heavy atom. The van der Waals surface area contributed by atoms with E-state index in [1.807, 2.05) is 36.5 Å². The van der Waals surface area contributed by atoms with E-state index < -0.39 is 0 Å². The summed E-state index contributed by atoms with van der Waals surface area (Å²) in [5, 5.41) is 0.733. The summed E-state index contributed by atoms with van der Waals surface area (Å²) < 4.78 is 19.6. The van der Waals surface area contributed by atoms with Crippen LogP contribution >= 0.6 is 0 Å². The van der Waals surface area contributed by atoms with Crippen LogP contribution in [-0.4, -0.2) is 41.3 Å². The van der Waals surface area contributed by atoms with Crippen molar-refractivity contribution in [2.24, 2.45) is 0 Å². The fraction of sp³-hybridized carbons (Fsp3) is 0.174. The number of aromatic nitrogens is 3. The van der Waals surface area contributed by atoms with Gasteiger partial charge in [-0.15, -0.1) is 0 Å². The van der Waals surface area contributed by atoms with Gasteiger partial charge in [0.1, 0.15) is 17.5 Å². The first-order valence-electron chi connectivity index (χ1n) is 9.80. The Morgan fingerprint density at radius 2 is 1.73 bits per heavy atom. The number of nitrogen functional groups attached to an aromatic ring is 1. The fourth-order valence-electron chi connectivity index (χ4n) is 3.63. The van der Waals surface area contributed by atoms with Crippen LogP contribution in [0.5, 0.6) is 0 Å². The second-order valence-electron chi connectivity index (χ2n) is 7.15. The average molecular weight is 401 g/mol. The summed E-state index contributed by atoms with van der Waals surface area (Å²) in [4.78, 5) is 15.7. The highest BCUT2D eigenvalue weighted by molar-refractivity contribution is 5.92.